The molecule has 0 radical (unpaired) electrons. The number of rotatable bonds is 4. The van der Waals surface area contributed by atoms with E-state index in [0.717, 1.165) is 0 Å². The van der Waals surface area contributed by atoms with Gasteiger partial charge >= 0.3 is 0 Å². The number of sulfone groups is 1. The van der Waals surface area contributed by atoms with Crippen LogP contribution in [0.3, 0.4) is 0 Å². The molecule has 1 unspecified atom stereocenters. The number of nitrogen functional groups attached to an aromatic ring is 1. The van der Waals surface area contributed by atoms with Crippen molar-refractivity contribution in [1.29, 1.82) is 0 Å². The van der Waals surface area contributed by atoms with Crippen LogP contribution in [0.4, 0.5) is 5.69 Å². The summed E-state index contributed by atoms with van der Waals surface area (Å²) in [5, 5.41) is -0.341. The summed E-state index contributed by atoms with van der Waals surface area (Å²) in [4.78, 5) is 0. The van der Waals surface area contributed by atoms with Gasteiger partial charge < -0.3 is 5.73 Å². The van der Waals surface area contributed by atoms with E-state index in [0.29, 0.717) is 11.3 Å². The zero-order chi connectivity index (χ0) is 12.3. The van der Waals surface area contributed by atoms with E-state index in [1.807, 2.05) is 13.8 Å². The molecule has 0 aliphatic heterocycles. The number of hydrogen-bond donors (Lipinski definition) is 1. The molecule has 0 amide bonds. The number of hydrogen-bond acceptors (Lipinski definition) is 3. The van der Waals surface area contributed by atoms with Gasteiger partial charge in [-0.1, -0.05) is 32.0 Å². The number of nitrogens with two attached hydrogens (primary N) is 1. The van der Waals surface area contributed by atoms with Gasteiger partial charge in [0.05, 0.1) is 11.0 Å². The Hall–Kier alpha value is -1.03. The molecule has 1 rings (SSSR count). The van der Waals surface area contributed by atoms with E-state index in [4.69, 9.17) is 5.73 Å². The molecule has 16 heavy (non-hydrogen) atoms. The second-order valence-corrected chi connectivity index (χ2v) is 6.81. The predicted octanol–water partition coefficient (Wildman–Crippen LogP) is 2.23. The maximum absolute atomic E-state index is 12.0. The van der Waals surface area contributed by atoms with Crippen molar-refractivity contribution in [3.63, 3.8) is 0 Å². The van der Waals surface area contributed by atoms with Crippen LogP contribution in [0.5, 0.6) is 0 Å². The average molecular weight is 241 g/mol. The molecule has 1 aromatic carbocycles. The molecule has 0 saturated carbocycles. The average Bonchev–Trinajstić information content (AvgIpc) is 2.20. The van der Waals surface area contributed by atoms with E-state index in [-0.39, 0.29) is 16.9 Å². The Balaban J connectivity index is 2.94. The Bertz CT molecular complexity index is 452. The van der Waals surface area contributed by atoms with Crippen molar-refractivity contribution in [2.75, 3.05) is 5.73 Å². The molecule has 0 aliphatic rings. The summed E-state index contributed by atoms with van der Waals surface area (Å²) in [6.07, 6.45) is 0. The molecule has 0 saturated heterocycles. The van der Waals surface area contributed by atoms with Crippen molar-refractivity contribution in [3.05, 3.63) is 29.8 Å². The second kappa shape index (κ2) is 4.87. The molecular formula is C12H19NO2S. The fraction of sp³-hybridized carbons (Fsp3) is 0.500. The van der Waals surface area contributed by atoms with Crippen molar-refractivity contribution in [2.45, 2.75) is 31.8 Å². The molecule has 0 aromatic heterocycles. The fourth-order valence-electron chi connectivity index (χ4n) is 1.43. The third kappa shape index (κ3) is 2.98. The second-order valence-electron chi connectivity index (χ2n) is 4.46. The predicted molar refractivity (Wildman–Crippen MR) is 67.8 cm³/mol. The Morgan fingerprint density at radius 3 is 2.25 bits per heavy atom. The van der Waals surface area contributed by atoms with Gasteiger partial charge in [-0.05, 0) is 24.5 Å². The topological polar surface area (TPSA) is 60.2 Å². The standard InChI is InChI=1S/C12H19NO2S/c1-9(2)10(3)16(14,15)8-11-6-4-5-7-12(11)13/h4-7,9-10H,8,13H2,1-3H3. The smallest absolute Gasteiger partial charge is 0.157 e. The Labute approximate surface area is 97.6 Å². The van der Waals surface area contributed by atoms with Crippen LogP contribution in [0.1, 0.15) is 26.3 Å². The third-order valence-electron chi connectivity index (χ3n) is 2.92. The maximum Gasteiger partial charge on any atom is 0.157 e. The summed E-state index contributed by atoms with van der Waals surface area (Å²) in [7, 11) is -3.12. The molecule has 90 valence electrons. The molecule has 0 heterocycles. The van der Waals surface area contributed by atoms with E-state index in [1.54, 1.807) is 31.2 Å². The lowest BCUT2D eigenvalue weighted by Crippen LogP contribution is -2.25. The minimum Gasteiger partial charge on any atom is -0.398 e. The van der Waals surface area contributed by atoms with Crippen LogP contribution in [0.15, 0.2) is 24.3 Å². The lowest BCUT2D eigenvalue weighted by atomic mass is 10.2. The van der Waals surface area contributed by atoms with Gasteiger partial charge in [0, 0.05) is 5.69 Å². The first-order valence-electron chi connectivity index (χ1n) is 5.39. The molecule has 0 aliphatic carbocycles. The minimum atomic E-state index is -3.12. The van der Waals surface area contributed by atoms with Crippen LogP contribution in [0, 0.1) is 5.92 Å². The summed E-state index contributed by atoms with van der Waals surface area (Å²) in [6.45, 7) is 5.58. The number of benzene rings is 1. The van der Waals surface area contributed by atoms with Crippen molar-refractivity contribution >= 4 is 15.5 Å². The number of anilines is 1. The summed E-state index contributed by atoms with van der Waals surface area (Å²) in [6, 6.07) is 7.10. The first-order chi connectivity index (χ1) is 7.34. The molecule has 0 bridgehead atoms. The molecule has 4 heteroatoms. The van der Waals surface area contributed by atoms with Gasteiger partial charge in [-0.3, -0.25) is 0 Å². The normalized spacial score (nSPS) is 14.0. The van der Waals surface area contributed by atoms with Gasteiger partial charge in [-0.2, -0.15) is 0 Å². The quantitative estimate of drug-likeness (QED) is 0.822. The highest BCUT2D eigenvalue weighted by Gasteiger charge is 2.24. The Morgan fingerprint density at radius 2 is 1.75 bits per heavy atom. The summed E-state index contributed by atoms with van der Waals surface area (Å²) >= 11 is 0. The van der Waals surface area contributed by atoms with Crippen molar-refractivity contribution in [1.82, 2.24) is 0 Å². The monoisotopic (exact) mass is 241 g/mol. The van der Waals surface area contributed by atoms with Gasteiger partial charge in [-0.15, -0.1) is 0 Å². The largest absolute Gasteiger partial charge is 0.398 e. The summed E-state index contributed by atoms with van der Waals surface area (Å²) in [5.41, 5.74) is 6.97. The molecule has 1 aromatic rings. The van der Waals surface area contributed by atoms with Gasteiger partial charge in [0.1, 0.15) is 0 Å². The Kier molecular flexibility index (Phi) is 3.97. The van der Waals surface area contributed by atoms with Crippen LogP contribution in [-0.2, 0) is 15.6 Å². The van der Waals surface area contributed by atoms with Crippen molar-refractivity contribution in [2.24, 2.45) is 5.92 Å². The van der Waals surface area contributed by atoms with Crippen LogP contribution in [-0.4, -0.2) is 13.7 Å². The van der Waals surface area contributed by atoms with E-state index >= 15 is 0 Å². The lowest BCUT2D eigenvalue weighted by Gasteiger charge is -2.16. The van der Waals surface area contributed by atoms with Crippen LogP contribution < -0.4 is 5.73 Å². The van der Waals surface area contributed by atoms with Crippen LogP contribution in [0.25, 0.3) is 0 Å². The van der Waals surface area contributed by atoms with Crippen molar-refractivity contribution in [3.8, 4) is 0 Å². The lowest BCUT2D eigenvalue weighted by molar-refractivity contribution is 0.545. The van der Waals surface area contributed by atoms with E-state index in [9.17, 15) is 8.42 Å². The zero-order valence-electron chi connectivity index (χ0n) is 9.97. The SMILES string of the molecule is CC(C)C(C)S(=O)(=O)Cc1ccccc1N. The summed E-state index contributed by atoms with van der Waals surface area (Å²) < 4.78 is 24.1. The van der Waals surface area contributed by atoms with E-state index in [2.05, 4.69) is 0 Å². The number of para-hydroxylation sites is 1. The van der Waals surface area contributed by atoms with E-state index < -0.39 is 9.84 Å². The van der Waals surface area contributed by atoms with Crippen LogP contribution in [0.2, 0.25) is 0 Å². The third-order valence-corrected chi connectivity index (χ3v) is 5.31. The highest BCUT2D eigenvalue weighted by molar-refractivity contribution is 7.91. The highest BCUT2D eigenvalue weighted by atomic mass is 32.2. The van der Waals surface area contributed by atoms with Crippen LogP contribution >= 0.6 is 0 Å². The maximum atomic E-state index is 12.0. The molecule has 0 fully saturated rings. The first kappa shape index (κ1) is 13.0. The molecule has 3 nitrogen and oxygen atoms in total. The highest BCUT2D eigenvalue weighted by Crippen LogP contribution is 2.20. The Morgan fingerprint density at radius 1 is 1.19 bits per heavy atom. The molecule has 2 N–H and O–H groups in total. The van der Waals surface area contributed by atoms with Gasteiger partial charge in [0.2, 0.25) is 0 Å². The fourth-order valence-corrected chi connectivity index (χ4v) is 3.22. The van der Waals surface area contributed by atoms with Gasteiger partial charge in [-0.25, -0.2) is 8.42 Å². The molecule has 0 spiro atoms. The first-order valence-corrected chi connectivity index (χ1v) is 7.11. The van der Waals surface area contributed by atoms with Gasteiger partial charge in [0.15, 0.2) is 9.84 Å². The zero-order valence-corrected chi connectivity index (χ0v) is 10.8. The van der Waals surface area contributed by atoms with Crippen molar-refractivity contribution < 1.29 is 8.42 Å². The molecule has 1 atom stereocenters. The summed E-state index contributed by atoms with van der Waals surface area (Å²) in [5.74, 6) is 0.147. The minimum absolute atomic E-state index is 0.0268. The van der Waals surface area contributed by atoms with Gasteiger partial charge in [0.25, 0.3) is 0 Å². The molecular weight excluding hydrogens is 222 g/mol. The van der Waals surface area contributed by atoms with E-state index in [1.165, 1.54) is 0 Å².